The number of nitrogens with zero attached hydrogens (tertiary/aromatic N) is 3. The van der Waals surface area contributed by atoms with Gasteiger partial charge in [0.25, 0.3) is 5.69 Å². The summed E-state index contributed by atoms with van der Waals surface area (Å²) in [6.45, 7) is -0.343. The average molecular weight is 343 g/mol. The molecule has 2 N–H and O–H groups in total. The third-order valence-electron chi connectivity index (χ3n) is 3.82. The van der Waals surface area contributed by atoms with Crippen molar-refractivity contribution in [2.24, 2.45) is 4.99 Å². The molecule has 132 valence electrons. The average Bonchev–Trinajstić information content (AvgIpc) is 2.62. The molecule has 0 spiro atoms. The largest absolute Gasteiger partial charge is 0.394 e. The molecule has 0 saturated carbocycles. The molecular weight excluding hydrogens is 322 g/mol. The number of aliphatic hydroxyl groups is 2. The van der Waals surface area contributed by atoms with Gasteiger partial charge in [-0.2, -0.15) is 0 Å². The molecule has 2 rings (SSSR count). The summed E-state index contributed by atoms with van der Waals surface area (Å²) in [5, 5.41) is 30.5. The molecule has 0 saturated heterocycles. The van der Waals surface area contributed by atoms with Gasteiger partial charge in [-0.15, -0.1) is 0 Å². The van der Waals surface area contributed by atoms with E-state index in [1.165, 1.54) is 24.3 Å². The number of anilines is 1. The molecular formula is C18H21N3O4. The molecule has 2 atom stereocenters. The van der Waals surface area contributed by atoms with E-state index in [0.29, 0.717) is 5.56 Å². The van der Waals surface area contributed by atoms with Crippen molar-refractivity contribution in [3.8, 4) is 0 Å². The third-order valence-corrected chi connectivity index (χ3v) is 3.82. The Morgan fingerprint density at radius 1 is 1.16 bits per heavy atom. The Labute approximate surface area is 146 Å². The molecule has 2 aromatic rings. The van der Waals surface area contributed by atoms with Crippen molar-refractivity contribution >= 4 is 17.6 Å². The van der Waals surface area contributed by atoms with E-state index in [4.69, 9.17) is 0 Å². The fourth-order valence-electron chi connectivity index (χ4n) is 2.28. The van der Waals surface area contributed by atoms with Gasteiger partial charge >= 0.3 is 0 Å². The first-order valence-electron chi connectivity index (χ1n) is 7.76. The molecule has 2 unspecified atom stereocenters. The second-order valence-electron chi connectivity index (χ2n) is 5.81. The van der Waals surface area contributed by atoms with Crippen LogP contribution in [0.25, 0.3) is 0 Å². The van der Waals surface area contributed by atoms with Gasteiger partial charge in [-0.1, -0.05) is 12.1 Å². The molecule has 0 aliphatic heterocycles. The number of nitro benzene ring substituents is 1. The molecule has 0 aromatic heterocycles. The molecule has 25 heavy (non-hydrogen) atoms. The number of rotatable bonds is 7. The van der Waals surface area contributed by atoms with Crippen LogP contribution in [0.3, 0.4) is 0 Å². The molecule has 0 heterocycles. The lowest BCUT2D eigenvalue weighted by Gasteiger charge is -2.17. The van der Waals surface area contributed by atoms with Crippen LogP contribution in [-0.2, 0) is 0 Å². The van der Waals surface area contributed by atoms with E-state index in [1.807, 2.05) is 43.3 Å². The van der Waals surface area contributed by atoms with E-state index in [2.05, 4.69) is 4.99 Å². The van der Waals surface area contributed by atoms with Crippen molar-refractivity contribution in [3.05, 3.63) is 69.8 Å². The van der Waals surface area contributed by atoms with Crippen LogP contribution in [0.1, 0.15) is 17.2 Å². The minimum absolute atomic E-state index is 0.0546. The fraction of sp³-hybridized carbons (Fsp3) is 0.278. The minimum Gasteiger partial charge on any atom is -0.394 e. The maximum atomic E-state index is 10.7. The molecule has 0 amide bonds. The second kappa shape index (κ2) is 8.36. The first kappa shape index (κ1) is 18.6. The van der Waals surface area contributed by atoms with Gasteiger partial charge in [0, 0.05) is 38.1 Å². The number of aliphatic imine (C=N–C) groups is 1. The van der Waals surface area contributed by atoms with Gasteiger partial charge in [-0.25, -0.2) is 0 Å². The molecule has 0 fully saturated rings. The highest BCUT2D eigenvalue weighted by molar-refractivity contribution is 5.80. The molecule has 0 bridgehead atoms. The number of nitro groups is 1. The van der Waals surface area contributed by atoms with Crippen LogP contribution in [0.2, 0.25) is 0 Å². The van der Waals surface area contributed by atoms with Crippen LogP contribution in [0.4, 0.5) is 11.4 Å². The van der Waals surface area contributed by atoms with Crippen LogP contribution < -0.4 is 4.90 Å². The standard InChI is InChI=1S/C18H21N3O4/c1-20(2)15-7-3-13(4-8-15)11-19-17(12-22)18(23)14-5-9-16(10-6-14)21(24)25/h3-11,17-18,22-23H,12H2,1-2H3. The van der Waals surface area contributed by atoms with E-state index >= 15 is 0 Å². The summed E-state index contributed by atoms with van der Waals surface area (Å²) in [5.74, 6) is 0. The van der Waals surface area contributed by atoms with E-state index in [1.54, 1.807) is 6.21 Å². The first-order chi connectivity index (χ1) is 11.9. The van der Waals surface area contributed by atoms with Gasteiger partial charge in [0.05, 0.1) is 11.5 Å². The highest BCUT2D eigenvalue weighted by atomic mass is 16.6. The Hall–Kier alpha value is -2.77. The van der Waals surface area contributed by atoms with E-state index in [0.717, 1.165) is 11.3 Å². The van der Waals surface area contributed by atoms with Gasteiger partial charge < -0.3 is 15.1 Å². The topological polar surface area (TPSA) is 99.2 Å². The SMILES string of the molecule is CN(C)c1ccc(C=NC(CO)C(O)c2ccc([N+](=O)[O-])cc2)cc1. The van der Waals surface area contributed by atoms with Crippen molar-refractivity contribution < 1.29 is 15.1 Å². The summed E-state index contributed by atoms with van der Waals surface area (Å²) in [7, 11) is 3.90. The predicted octanol–water partition coefficient (Wildman–Crippen LogP) is 2.17. The highest BCUT2D eigenvalue weighted by Crippen LogP contribution is 2.22. The summed E-state index contributed by atoms with van der Waals surface area (Å²) in [6, 6.07) is 12.5. The Balaban J connectivity index is 2.11. The van der Waals surface area contributed by atoms with Gasteiger partial charge in [0.2, 0.25) is 0 Å². The predicted molar refractivity (Wildman–Crippen MR) is 97.3 cm³/mol. The van der Waals surface area contributed by atoms with Gasteiger partial charge in [0.15, 0.2) is 0 Å². The number of non-ortho nitro benzene ring substituents is 1. The molecule has 7 heteroatoms. The zero-order valence-electron chi connectivity index (χ0n) is 14.1. The van der Waals surface area contributed by atoms with Crippen LogP contribution in [0.15, 0.2) is 53.5 Å². The fourth-order valence-corrected chi connectivity index (χ4v) is 2.28. The number of benzene rings is 2. The summed E-state index contributed by atoms with van der Waals surface area (Å²) in [5.41, 5.74) is 2.31. The Kier molecular flexibility index (Phi) is 6.21. The monoisotopic (exact) mass is 343 g/mol. The first-order valence-corrected chi connectivity index (χ1v) is 7.76. The minimum atomic E-state index is -1.05. The van der Waals surface area contributed by atoms with Gasteiger partial charge in [0.1, 0.15) is 12.1 Å². The second-order valence-corrected chi connectivity index (χ2v) is 5.81. The Morgan fingerprint density at radius 3 is 2.24 bits per heavy atom. The maximum Gasteiger partial charge on any atom is 0.269 e. The molecule has 0 radical (unpaired) electrons. The maximum absolute atomic E-state index is 10.7. The highest BCUT2D eigenvalue weighted by Gasteiger charge is 2.19. The van der Waals surface area contributed by atoms with Crippen LogP contribution in [-0.4, -0.2) is 48.1 Å². The number of aliphatic hydroxyl groups excluding tert-OH is 2. The smallest absolute Gasteiger partial charge is 0.269 e. The van der Waals surface area contributed by atoms with Gasteiger partial charge in [-0.3, -0.25) is 15.1 Å². The summed E-state index contributed by atoms with van der Waals surface area (Å²) in [4.78, 5) is 16.4. The van der Waals surface area contributed by atoms with Crippen LogP contribution >= 0.6 is 0 Å². The van der Waals surface area contributed by atoms with E-state index in [9.17, 15) is 20.3 Å². The summed E-state index contributed by atoms with van der Waals surface area (Å²) in [6.07, 6.45) is 0.540. The number of hydrogen-bond donors (Lipinski definition) is 2. The zero-order valence-corrected chi connectivity index (χ0v) is 14.1. The third kappa shape index (κ3) is 4.85. The van der Waals surface area contributed by atoms with Crippen molar-refractivity contribution in [2.45, 2.75) is 12.1 Å². The van der Waals surface area contributed by atoms with Crippen molar-refractivity contribution in [1.29, 1.82) is 0 Å². The normalized spacial score (nSPS) is 13.6. The Morgan fingerprint density at radius 2 is 1.76 bits per heavy atom. The van der Waals surface area contributed by atoms with E-state index in [-0.39, 0.29) is 12.3 Å². The molecule has 0 aliphatic rings. The lowest BCUT2D eigenvalue weighted by Crippen LogP contribution is -2.21. The van der Waals surface area contributed by atoms with E-state index < -0.39 is 17.1 Å². The lowest BCUT2D eigenvalue weighted by atomic mass is 10.0. The van der Waals surface area contributed by atoms with Crippen molar-refractivity contribution in [3.63, 3.8) is 0 Å². The van der Waals surface area contributed by atoms with Crippen molar-refractivity contribution in [1.82, 2.24) is 0 Å². The Bertz CT molecular complexity index is 727. The summed E-state index contributed by atoms with van der Waals surface area (Å²) >= 11 is 0. The summed E-state index contributed by atoms with van der Waals surface area (Å²) < 4.78 is 0. The van der Waals surface area contributed by atoms with Crippen LogP contribution in [0.5, 0.6) is 0 Å². The van der Waals surface area contributed by atoms with Crippen LogP contribution in [0, 0.1) is 10.1 Å². The molecule has 0 aliphatic carbocycles. The van der Waals surface area contributed by atoms with Crippen molar-refractivity contribution in [2.75, 3.05) is 25.6 Å². The molecule has 7 nitrogen and oxygen atoms in total. The zero-order chi connectivity index (χ0) is 18.4. The quantitative estimate of drug-likeness (QED) is 0.456. The lowest BCUT2D eigenvalue weighted by molar-refractivity contribution is -0.384. The van der Waals surface area contributed by atoms with Gasteiger partial charge in [-0.05, 0) is 35.4 Å². The number of hydrogen-bond acceptors (Lipinski definition) is 6. The molecule has 2 aromatic carbocycles.